The monoisotopic (exact) mass is 442 g/mol. The van der Waals surface area contributed by atoms with E-state index in [-0.39, 0.29) is 0 Å². The summed E-state index contributed by atoms with van der Waals surface area (Å²) in [5.74, 6) is 0. The Hall–Kier alpha value is -2.24. The SMILES string of the molecule is Cc1ccc(-c2cc3cc4c(cc3s2)sc2c3cc5ccsc5cc3sc42)cc1. The number of hydrogen-bond acceptors (Lipinski definition) is 4. The lowest BCUT2D eigenvalue weighted by molar-refractivity contribution is 1.48. The molecular formula is C25H14S4. The topological polar surface area (TPSA) is 0 Å². The number of rotatable bonds is 1. The first-order valence-corrected chi connectivity index (χ1v) is 12.8. The van der Waals surface area contributed by atoms with Gasteiger partial charge in [-0.1, -0.05) is 29.8 Å². The van der Waals surface area contributed by atoms with Gasteiger partial charge in [-0.15, -0.1) is 45.3 Å². The number of fused-ring (bicyclic) bond motifs is 7. The summed E-state index contributed by atoms with van der Waals surface area (Å²) in [6, 6.07) is 23.0. The van der Waals surface area contributed by atoms with Gasteiger partial charge in [0.15, 0.2) is 0 Å². The Morgan fingerprint density at radius 3 is 2.03 bits per heavy atom. The molecule has 0 nitrogen and oxygen atoms in total. The summed E-state index contributed by atoms with van der Waals surface area (Å²) in [4.78, 5) is 1.35. The molecule has 0 saturated heterocycles. The third-order valence-electron chi connectivity index (χ3n) is 5.63. The van der Waals surface area contributed by atoms with E-state index in [1.165, 1.54) is 65.7 Å². The Morgan fingerprint density at radius 1 is 0.586 bits per heavy atom. The van der Waals surface area contributed by atoms with Gasteiger partial charge in [0.1, 0.15) is 0 Å². The van der Waals surface area contributed by atoms with E-state index in [2.05, 4.69) is 73.0 Å². The van der Waals surface area contributed by atoms with E-state index in [1.807, 2.05) is 45.3 Å². The minimum absolute atomic E-state index is 1.31. The first-order valence-electron chi connectivity index (χ1n) is 9.49. The van der Waals surface area contributed by atoms with Crippen LogP contribution in [0.25, 0.3) is 60.2 Å². The maximum atomic E-state index is 2.41. The summed E-state index contributed by atoms with van der Waals surface area (Å²) in [6.07, 6.45) is 0. The molecule has 7 aromatic rings. The Balaban J connectivity index is 1.49. The first-order chi connectivity index (χ1) is 14.2. The molecule has 0 N–H and O–H groups in total. The van der Waals surface area contributed by atoms with Crippen LogP contribution in [-0.4, -0.2) is 0 Å². The van der Waals surface area contributed by atoms with Crippen LogP contribution in [0, 0.1) is 6.92 Å². The van der Waals surface area contributed by atoms with E-state index in [0.717, 1.165) is 0 Å². The highest BCUT2D eigenvalue weighted by atomic mass is 32.1. The first kappa shape index (κ1) is 16.5. The van der Waals surface area contributed by atoms with Gasteiger partial charge >= 0.3 is 0 Å². The average molecular weight is 443 g/mol. The van der Waals surface area contributed by atoms with Crippen LogP contribution < -0.4 is 0 Å². The zero-order valence-corrected chi connectivity index (χ0v) is 18.7. The van der Waals surface area contributed by atoms with Crippen molar-refractivity contribution in [2.24, 2.45) is 0 Å². The summed E-state index contributed by atoms with van der Waals surface area (Å²) in [7, 11) is 0. The highest BCUT2D eigenvalue weighted by Crippen LogP contribution is 2.47. The van der Waals surface area contributed by atoms with E-state index in [9.17, 15) is 0 Å². The van der Waals surface area contributed by atoms with Crippen molar-refractivity contribution in [1.29, 1.82) is 0 Å². The predicted molar refractivity (Wildman–Crippen MR) is 136 cm³/mol. The van der Waals surface area contributed by atoms with Gasteiger partial charge in [0.2, 0.25) is 0 Å². The maximum absolute atomic E-state index is 2.41. The Bertz CT molecular complexity index is 1700. The fourth-order valence-electron chi connectivity index (χ4n) is 4.11. The minimum atomic E-state index is 1.31. The number of hydrogen-bond donors (Lipinski definition) is 0. The molecule has 0 spiro atoms. The summed E-state index contributed by atoms with van der Waals surface area (Å²) in [6.45, 7) is 2.14. The smallest absolute Gasteiger partial charge is 0.0542 e. The lowest BCUT2D eigenvalue weighted by atomic mass is 10.1. The molecule has 0 amide bonds. The molecule has 0 aliphatic carbocycles. The normalized spacial score (nSPS) is 12.3. The van der Waals surface area contributed by atoms with Crippen molar-refractivity contribution < 1.29 is 0 Å². The van der Waals surface area contributed by atoms with E-state index in [1.54, 1.807) is 0 Å². The molecule has 0 fully saturated rings. The molecule has 0 bridgehead atoms. The van der Waals surface area contributed by atoms with Crippen LogP contribution in [-0.2, 0) is 0 Å². The molecule has 0 unspecified atom stereocenters. The fourth-order valence-corrected chi connectivity index (χ4v) is 8.84. The van der Waals surface area contributed by atoms with Gasteiger partial charge < -0.3 is 0 Å². The van der Waals surface area contributed by atoms with Crippen molar-refractivity contribution in [2.45, 2.75) is 6.92 Å². The Morgan fingerprint density at radius 2 is 1.28 bits per heavy atom. The second-order valence-electron chi connectivity index (χ2n) is 7.53. The standard InChI is InChI=1S/C25H14S4/c1-13-2-4-14(5-3-13)20-10-16-9-18-23(12-21(16)27-20)29-24-17-8-15-6-7-26-19(15)11-22(17)28-25(18)24/h2-12H,1H3. The maximum Gasteiger partial charge on any atom is 0.0542 e. The zero-order valence-electron chi connectivity index (χ0n) is 15.5. The molecule has 3 aromatic carbocycles. The van der Waals surface area contributed by atoms with Crippen molar-refractivity contribution >= 4 is 95.1 Å². The van der Waals surface area contributed by atoms with E-state index in [4.69, 9.17) is 0 Å². The molecule has 0 radical (unpaired) electrons. The van der Waals surface area contributed by atoms with Gasteiger partial charge in [0, 0.05) is 34.4 Å². The quantitative estimate of drug-likeness (QED) is 0.237. The lowest BCUT2D eigenvalue weighted by Crippen LogP contribution is -1.72. The van der Waals surface area contributed by atoms with Crippen LogP contribution in [0.3, 0.4) is 0 Å². The van der Waals surface area contributed by atoms with Gasteiger partial charge in [-0.2, -0.15) is 0 Å². The zero-order chi connectivity index (χ0) is 19.1. The molecule has 0 aliphatic heterocycles. The van der Waals surface area contributed by atoms with Crippen molar-refractivity contribution in [2.75, 3.05) is 0 Å². The molecule has 29 heavy (non-hydrogen) atoms. The summed E-state index contributed by atoms with van der Waals surface area (Å²) >= 11 is 7.64. The van der Waals surface area contributed by atoms with Crippen LogP contribution in [0.5, 0.6) is 0 Å². The number of aryl methyl sites for hydroxylation is 1. The van der Waals surface area contributed by atoms with Crippen molar-refractivity contribution in [3.63, 3.8) is 0 Å². The van der Waals surface area contributed by atoms with Crippen LogP contribution in [0.4, 0.5) is 0 Å². The summed E-state index contributed by atoms with van der Waals surface area (Å²) in [5.41, 5.74) is 2.62. The molecular weight excluding hydrogens is 429 g/mol. The van der Waals surface area contributed by atoms with E-state index >= 15 is 0 Å². The highest BCUT2D eigenvalue weighted by molar-refractivity contribution is 7.37. The lowest BCUT2D eigenvalue weighted by Gasteiger charge is -1.96. The molecule has 4 heterocycles. The van der Waals surface area contributed by atoms with E-state index in [0.29, 0.717) is 0 Å². The minimum Gasteiger partial charge on any atom is -0.144 e. The third-order valence-corrected chi connectivity index (χ3v) is 10.2. The molecule has 7 rings (SSSR count). The Kier molecular flexibility index (Phi) is 3.36. The van der Waals surface area contributed by atoms with Crippen LogP contribution in [0.15, 0.2) is 66.0 Å². The van der Waals surface area contributed by atoms with Gasteiger partial charge in [0.25, 0.3) is 0 Å². The number of thiophene rings is 4. The molecule has 0 atom stereocenters. The molecule has 4 heteroatoms. The van der Waals surface area contributed by atoms with Gasteiger partial charge in [-0.25, -0.2) is 0 Å². The summed E-state index contributed by atoms with van der Waals surface area (Å²) < 4.78 is 8.48. The molecule has 4 aromatic heterocycles. The molecule has 0 saturated carbocycles. The van der Waals surface area contributed by atoms with Crippen LogP contribution in [0.2, 0.25) is 0 Å². The third kappa shape index (κ3) is 2.41. The van der Waals surface area contributed by atoms with Crippen LogP contribution >= 0.6 is 45.3 Å². The van der Waals surface area contributed by atoms with Gasteiger partial charge in [-0.05, 0) is 65.0 Å². The predicted octanol–water partition coefficient (Wildman–Crippen LogP) is 9.67. The van der Waals surface area contributed by atoms with Crippen molar-refractivity contribution in [3.05, 3.63) is 71.6 Å². The van der Waals surface area contributed by atoms with Gasteiger partial charge in [0.05, 0.1) is 9.40 Å². The van der Waals surface area contributed by atoms with Gasteiger partial charge in [-0.3, -0.25) is 0 Å². The van der Waals surface area contributed by atoms with E-state index < -0.39 is 0 Å². The molecule has 138 valence electrons. The average Bonchev–Trinajstić information content (AvgIpc) is 3.47. The van der Waals surface area contributed by atoms with Crippen molar-refractivity contribution in [1.82, 2.24) is 0 Å². The largest absolute Gasteiger partial charge is 0.144 e. The summed E-state index contributed by atoms with van der Waals surface area (Å²) in [5, 5.41) is 7.74. The second kappa shape index (κ2) is 5.89. The van der Waals surface area contributed by atoms with Crippen LogP contribution in [0.1, 0.15) is 5.56 Å². The Labute approximate surface area is 183 Å². The number of benzene rings is 3. The fraction of sp³-hybridized carbons (Fsp3) is 0.0400. The van der Waals surface area contributed by atoms with Crippen molar-refractivity contribution in [3.8, 4) is 10.4 Å². The molecule has 0 aliphatic rings. The second-order valence-corrected chi connectivity index (χ2v) is 11.7. The highest BCUT2D eigenvalue weighted by Gasteiger charge is 2.15.